The Morgan fingerprint density at radius 1 is 1.25 bits per heavy atom. The molecule has 1 N–H and O–H groups in total. The molecule has 0 bridgehead atoms. The molecule has 1 heterocycles. The standard InChI is InChI=1S/C16H20N2O2/c1-3-10-18-15(13-7-5-4-6-8-13)17-12(2)14(9-11-19)16(18)20/h4-8,19H,3,9-11H2,1-2H3. The van der Waals surface area contributed by atoms with Crippen LogP contribution in [0.1, 0.15) is 24.6 Å². The van der Waals surface area contributed by atoms with Gasteiger partial charge in [0, 0.05) is 36.4 Å². The molecule has 0 atom stereocenters. The predicted octanol–water partition coefficient (Wildman–Crippen LogP) is 2.16. The van der Waals surface area contributed by atoms with Crippen molar-refractivity contribution in [2.24, 2.45) is 0 Å². The third-order valence-electron chi connectivity index (χ3n) is 3.31. The van der Waals surface area contributed by atoms with Crippen molar-refractivity contribution in [3.8, 4) is 11.4 Å². The second kappa shape index (κ2) is 6.48. The van der Waals surface area contributed by atoms with Gasteiger partial charge in [-0.2, -0.15) is 0 Å². The molecule has 0 aliphatic heterocycles. The molecule has 0 radical (unpaired) electrons. The Morgan fingerprint density at radius 2 is 1.95 bits per heavy atom. The molecular formula is C16H20N2O2. The molecule has 0 aliphatic carbocycles. The molecule has 0 unspecified atom stereocenters. The summed E-state index contributed by atoms with van der Waals surface area (Å²) in [6.45, 7) is 4.46. The van der Waals surface area contributed by atoms with E-state index >= 15 is 0 Å². The highest BCUT2D eigenvalue weighted by Crippen LogP contribution is 2.17. The van der Waals surface area contributed by atoms with E-state index in [-0.39, 0.29) is 12.2 Å². The largest absolute Gasteiger partial charge is 0.396 e. The van der Waals surface area contributed by atoms with Crippen molar-refractivity contribution in [1.82, 2.24) is 9.55 Å². The average molecular weight is 272 g/mol. The quantitative estimate of drug-likeness (QED) is 0.907. The van der Waals surface area contributed by atoms with Crippen LogP contribution >= 0.6 is 0 Å². The number of nitrogens with zero attached hydrogens (tertiary/aromatic N) is 2. The molecule has 2 aromatic rings. The summed E-state index contributed by atoms with van der Waals surface area (Å²) >= 11 is 0. The smallest absolute Gasteiger partial charge is 0.257 e. The molecule has 2 rings (SSSR count). The van der Waals surface area contributed by atoms with Gasteiger partial charge < -0.3 is 5.11 Å². The minimum absolute atomic E-state index is 0.0332. The van der Waals surface area contributed by atoms with Crippen molar-refractivity contribution in [2.45, 2.75) is 33.2 Å². The van der Waals surface area contributed by atoms with Crippen LogP contribution in [0.2, 0.25) is 0 Å². The summed E-state index contributed by atoms with van der Waals surface area (Å²) in [4.78, 5) is 17.2. The zero-order valence-electron chi connectivity index (χ0n) is 12.0. The molecule has 0 saturated carbocycles. The lowest BCUT2D eigenvalue weighted by Gasteiger charge is -2.15. The highest BCUT2D eigenvalue weighted by Gasteiger charge is 2.14. The Bertz CT molecular complexity index is 633. The molecule has 4 nitrogen and oxygen atoms in total. The van der Waals surface area contributed by atoms with Crippen molar-refractivity contribution < 1.29 is 5.11 Å². The van der Waals surface area contributed by atoms with E-state index in [4.69, 9.17) is 5.11 Å². The molecule has 106 valence electrons. The Hall–Kier alpha value is -1.94. The van der Waals surface area contributed by atoms with Crippen LogP contribution in [0.4, 0.5) is 0 Å². The van der Waals surface area contributed by atoms with Crippen molar-refractivity contribution in [3.63, 3.8) is 0 Å². The zero-order valence-corrected chi connectivity index (χ0v) is 12.0. The summed E-state index contributed by atoms with van der Waals surface area (Å²) < 4.78 is 1.72. The molecule has 20 heavy (non-hydrogen) atoms. The molecular weight excluding hydrogens is 252 g/mol. The number of aromatic nitrogens is 2. The fourth-order valence-electron chi connectivity index (χ4n) is 2.34. The Morgan fingerprint density at radius 3 is 2.55 bits per heavy atom. The first kappa shape index (κ1) is 14.5. The first-order chi connectivity index (χ1) is 9.69. The summed E-state index contributed by atoms with van der Waals surface area (Å²) in [5.74, 6) is 0.705. The second-order valence-corrected chi connectivity index (χ2v) is 4.80. The topological polar surface area (TPSA) is 55.1 Å². The van der Waals surface area contributed by atoms with E-state index in [9.17, 15) is 4.79 Å². The van der Waals surface area contributed by atoms with E-state index in [0.29, 0.717) is 30.0 Å². The summed E-state index contributed by atoms with van der Waals surface area (Å²) in [7, 11) is 0. The highest BCUT2D eigenvalue weighted by atomic mass is 16.3. The minimum Gasteiger partial charge on any atom is -0.396 e. The minimum atomic E-state index is -0.0350. The number of benzene rings is 1. The van der Waals surface area contributed by atoms with E-state index < -0.39 is 0 Å². The van der Waals surface area contributed by atoms with Crippen LogP contribution in [0.15, 0.2) is 35.1 Å². The number of hydrogen-bond donors (Lipinski definition) is 1. The van der Waals surface area contributed by atoms with Gasteiger partial charge in [0.2, 0.25) is 0 Å². The summed E-state index contributed by atoms with van der Waals surface area (Å²) in [5.41, 5.74) is 2.22. The fraction of sp³-hybridized carbons (Fsp3) is 0.375. The monoisotopic (exact) mass is 272 g/mol. The van der Waals surface area contributed by atoms with Gasteiger partial charge in [-0.15, -0.1) is 0 Å². The number of aliphatic hydroxyl groups is 1. The van der Waals surface area contributed by atoms with Gasteiger partial charge in [0.25, 0.3) is 5.56 Å². The van der Waals surface area contributed by atoms with Gasteiger partial charge in [0.05, 0.1) is 0 Å². The van der Waals surface area contributed by atoms with E-state index in [1.54, 1.807) is 4.57 Å². The lowest BCUT2D eigenvalue weighted by molar-refractivity contribution is 0.298. The number of rotatable bonds is 5. The maximum absolute atomic E-state index is 12.6. The predicted molar refractivity (Wildman–Crippen MR) is 79.8 cm³/mol. The first-order valence-corrected chi connectivity index (χ1v) is 6.95. The summed E-state index contributed by atoms with van der Waals surface area (Å²) in [6.07, 6.45) is 1.22. The molecule has 0 spiro atoms. The third-order valence-corrected chi connectivity index (χ3v) is 3.31. The van der Waals surface area contributed by atoms with Gasteiger partial charge in [0.1, 0.15) is 5.82 Å². The lowest BCUT2D eigenvalue weighted by Crippen LogP contribution is -2.28. The Labute approximate surface area is 118 Å². The van der Waals surface area contributed by atoms with Gasteiger partial charge in [-0.1, -0.05) is 37.3 Å². The van der Waals surface area contributed by atoms with Gasteiger partial charge in [0.15, 0.2) is 0 Å². The normalized spacial score (nSPS) is 10.8. The molecule has 1 aromatic carbocycles. The number of hydrogen-bond acceptors (Lipinski definition) is 3. The molecule has 0 fully saturated rings. The number of aryl methyl sites for hydroxylation is 1. The van der Waals surface area contributed by atoms with Gasteiger partial charge in [-0.25, -0.2) is 4.98 Å². The molecule has 4 heteroatoms. The lowest BCUT2D eigenvalue weighted by atomic mass is 10.1. The average Bonchev–Trinajstić information content (AvgIpc) is 2.47. The number of aliphatic hydroxyl groups excluding tert-OH is 1. The van der Waals surface area contributed by atoms with Crippen LogP contribution in [-0.2, 0) is 13.0 Å². The molecule has 0 saturated heterocycles. The Kier molecular flexibility index (Phi) is 4.69. The van der Waals surface area contributed by atoms with E-state index in [2.05, 4.69) is 4.98 Å². The van der Waals surface area contributed by atoms with Gasteiger partial charge in [-0.3, -0.25) is 9.36 Å². The first-order valence-electron chi connectivity index (χ1n) is 6.95. The van der Waals surface area contributed by atoms with Crippen LogP contribution in [0.3, 0.4) is 0 Å². The molecule has 1 aromatic heterocycles. The Balaban J connectivity index is 2.66. The van der Waals surface area contributed by atoms with Gasteiger partial charge in [-0.05, 0) is 13.3 Å². The van der Waals surface area contributed by atoms with E-state index in [1.807, 2.05) is 44.2 Å². The van der Waals surface area contributed by atoms with Crippen molar-refractivity contribution >= 4 is 0 Å². The van der Waals surface area contributed by atoms with Crippen LogP contribution in [0.25, 0.3) is 11.4 Å². The van der Waals surface area contributed by atoms with Gasteiger partial charge >= 0.3 is 0 Å². The van der Waals surface area contributed by atoms with Crippen LogP contribution < -0.4 is 5.56 Å². The van der Waals surface area contributed by atoms with E-state index in [1.165, 1.54) is 0 Å². The van der Waals surface area contributed by atoms with Crippen molar-refractivity contribution in [1.29, 1.82) is 0 Å². The second-order valence-electron chi connectivity index (χ2n) is 4.80. The van der Waals surface area contributed by atoms with Crippen LogP contribution in [0.5, 0.6) is 0 Å². The molecule has 0 aliphatic rings. The van der Waals surface area contributed by atoms with Crippen molar-refractivity contribution in [3.05, 3.63) is 51.9 Å². The highest BCUT2D eigenvalue weighted by molar-refractivity contribution is 5.55. The third kappa shape index (κ3) is 2.80. The van der Waals surface area contributed by atoms with Crippen LogP contribution in [0, 0.1) is 6.92 Å². The van der Waals surface area contributed by atoms with Crippen LogP contribution in [-0.4, -0.2) is 21.3 Å². The fourth-order valence-corrected chi connectivity index (χ4v) is 2.34. The summed E-state index contributed by atoms with van der Waals surface area (Å²) in [6, 6.07) is 9.74. The van der Waals surface area contributed by atoms with E-state index in [0.717, 1.165) is 12.0 Å². The maximum atomic E-state index is 12.6. The maximum Gasteiger partial charge on any atom is 0.257 e. The van der Waals surface area contributed by atoms with Crippen molar-refractivity contribution in [2.75, 3.05) is 6.61 Å². The molecule has 0 amide bonds. The summed E-state index contributed by atoms with van der Waals surface area (Å²) in [5, 5.41) is 9.10. The zero-order chi connectivity index (χ0) is 14.5. The SMILES string of the molecule is CCCn1c(-c2ccccc2)nc(C)c(CCO)c1=O.